The van der Waals surface area contributed by atoms with Gasteiger partial charge >= 0.3 is 0 Å². The first kappa shape index (κ1) is 13.4. The van der Waals surface area contributed by atoms with Gasteiger partial charge in [-0.05, 0) is 44.2 Å². The Morgan fingerprint density at radius 3 is 2.47 bits per heavy atom. The third kappa shape index (κ3) is 2.09. The van der Waals surface area contributed by atoms with Crippen molar-refractivity contribution in [1.29, 1.82) is 5.26 Å². The summed E-state index contributed by atoms with van der Waals surface area (Å²) >= 11 is 6.89. The number of thiophene rings is 1. The smallest absolute Gasteiger partial charge is 0.206 e. The predicted octanol–water partition coefficient (Wildman–Crippen LogP) is 3.00. The largest absolute Gasteiger partial charge is 0.254 e. The molecule has 0 atom stereocenters. The Hall–Kier alpha value is -0.610. The number of rotatable bonds is 4. The van der Waals surface area contributed by atoms with E-state index < -0.39 is 15.6 Å². The van der Waals surface area contributed by atoms with E-state index in [1.54, 1.807) is 6.07 Å². The van der Waals surface area contributed by atoms with E-state index in [0.29, 0.717) is 17.2 Å². The number of nitriles is 1. The summed E-state index contributed by atoms with van der Waals surface area (Å²) < 4.78 is 27.7. The van der Waals surface area contributed by atoms with Crippen molar-refractivity contribution < 1.29 is 8.42 Å². The summed E-state index contributed by atoms with van der Waals surface area (Å²) in [7, 11) is -3.60. The molecule has 0 radical (unpaired) electrons. The lowest BCUT2D eigenvalue weighted by Crippen LogP contribution is -2.56. The first-order valence-electron chi connectivity index (χ1n) is 6.21. The number of nitrogens with zero attached hydrogens (tertiary/aromatic N) is 2. The quantitative estimate of drug-likeness (QED) is 0.858. The highest BCUT2D eigenvalue weighted by Crippen LogP contribution is 2.47. The van der Waals surface area contributed by atoms with Gasteiger partial charge in [0.15, 0.2) is 0 Å². The van der Waals surface area contributed by atoms with E-state index in [1.165, 1.54) is 10.4 Å². The van der Waals surface area contributed by atoms with Crippen LogP contribution < -0.4 is 0 Å². The SMILES string of the molecule is N#CC1(N(C2CC2)S(=O)(=O)c2ccc(Cl)s2)CCC1. The monoisotopic (exact) mass is 316 g/mol. The van der Waals surface area contributed by atoms with Crippen LogP contribution in [0.15, 0.2) is 16.3 Å². The van der Waals surface area contributed by atoms with E-state index in [-0.39, 0.29) is 10.3 Å². The fourth-order valence-corrected chi connectivity index (χ4v) is 6.08. The van der Waals surface area contributed by atoms with Crippen LogP contribution in [-0.4, -0.2) is 24.3 Å². The van der Waals surface area contributed by atoms with Crippen LogP contribution in [0.4, 0.5) is 0 Å². The van der Waals surface area contributed by atoms with E-state index in [0.717, 1.165) is 30.6 Å². The van der Waals surface area contributed by atoms with E-state index in [1.807, 2.05) is 0 Å². The van der Waals surface area contributed by atoms with Crippen LogP contribution in [-0.2, 0) is 10.0 Å². The lowest BCUT2D eigenvalue weighted by atomic mass is 9.78. The van der Waals surface area contributed by atoms with Gasteiger partial charge in [-0.25, -0.2) is 8.42 Å². The van der Waals surface area contributed by atoms with Gasteiger partial charge in [0.2, 0.25) is 0 Å². The molecule has 0 amide bonds. The summed E-state index contributed by atoms with van der Waals surface area (Å²) in [6, 6.07) is 5.35. The fraction of sp³-hybridized carbons (Fsp3) is 0.583. The third-order valence-electron chi connectivity index (χ3n) is 3.75. The molecule has 1 aromatic rings. The summed E-state index contributed by atoms with van der Waals surface area (Å²) in [5, 5.41) is 9.42. The Balaban J connectivity index is 2.03. The molecular formula is C12H13ClN2O2S2. The van der Waals surface area contributed by atoms with Gasteiger partial charge in [0.05, 0.1) is 10.4 Å². The predicted molar refractivity (Wildman–Crippen MR) is 73.6 cm³/mol. The molecule has 0 bridgehead atoms. The number of sulfonamides is 1. The van der Waals surface area contributed by atoms with E-state index in [9.17, 15) is 13.7 Å². The molecule has 3 rings (SSSR count). The Morgan fingerprint density at radius 2 is 2.11 bits per heavy atom. The molecule has 2 aliphatic rings. The lowest BCUT2D eigenvalue weighted by Gasteiger charge is -2.43. The highest BCUT2D eigenvalue weighted by molar-refractivity contribution is 7.91. The van der Waals surface area contributed by atoms with Crippen molar-refractivity contribution in [3.05, 3.63) is 16.5 Å². The summed E-state index contributed by atoms with van der Waals surface area (Å²) in [6.07, 6.45) is 3.89. The molecule has 0 saturated heterocycles. The summed E-state index contributed by atoms with van der Waals surface area (Å²) in [6.45, 7) is 0. The molecule has 0 spiro atoms. The van der Waals surface area contributed by atoms with Gasteiger partial charge in [-0.1, -0.05) is 11.6 Å². The van der Waals surface area contributed by atoms with Crippen molar-refractivity contribution in [2.45, 2.75) is 47.9 Å². The standard InChI is InChI=1S/C12H13ClN2O2S2/c13-10-4-5-11(18-10)19(16,17)15(9-2-3-9)12(8-14)6-1-7-12/h4-5,9H,1-3,6-7H2. The molecule has 4 nitrogen and oxygen atoms in total. The molecule has 1 heterocycles. The number of hydrogen-bond donors (Lipinski definition) is 0. The maximum Gasteiger partial charge on any atom is 0.254 e. The van der Waals surface area contributed by atoms with Gasteiger partial charge in [0.25, 0.3) is 10.0 Å². The third-order valence-corrected chi connectivity index (χ3v) is 7.47. The van der Waals surface area contributed by atoms with E-state index in [4.69, 9.17) is 11.6 Å². The van der Waals surface area contributed by atoms with Gasteiger partial charge < -0.3 is 0 Å². The molecule has 19 heavy (non-hydrogen) atoms. The van der Waals surface area contributed by atoms with Crippen molar-refractivity contribution >= 4 is 33.0 Å². The first-order valence-corrected chi connectivity index (χ1v) is 8.84. The van der Waals surface area contributed by atoms with Crippen LogP contribution in [0.5, 0.6) is 0 Å². The van der Waals surface area contributed by atoms with Crippen LogP contribution in [0, 0.1) is 11.3 Å². The van der Waals surface area contributed by atoms with Crippen molar-refractivity contribution in [3.8, 4) is 6.07 Å². The molecule has 2 saturated carbocycles. The minimum atomic E-state index is -3.60. The second-order valence-corrected chi connectivity index (χ2v) is 8.84. The average Bonchev–Trinajstić information content (AvgIpc) is 3.03. The van der Waals surface area contributed by atoms with Crippen LogP contribution in [0.2, 0.25) is 4.34 Å². The molecule has 0 unspecified atom stereocenters. The van der Waals surface area contributed by atoms with Crippen LogP contribution >= 0.6 is 22.9 Å². The van der Waals surface area contributed by atoms with Crippen molar-refractivity contribution in [3.63, 3.8) is 0 Å². The maximum absolute atomic E-state index is 12.8. The van der Waals surface area contributed by atoms with Gasteiger partial charge in [-0.15, -0.1) is 11.3 Å². The zero-order valence-corrected chi connectivity index (χ0v) is 12.6. The molecule has 1 aromatic heterocycles. The lowest BCUT2D eigenvalue weighted by molar-refractivity contribution is 0.140. The molecule has 0 aliphatic heterocycles. The summed E-state index contributed by atoms with van der Waals surface area (Å²) in [4.78, 5) is 0. The van der Waals surface area contributed by atoms with Crippen LogP contribution in [0.1, 0.15) is 32.1 Å². The molecule has 0 aromatic carbocycles. The van der Waals surface area contributed by atoms with Crippen molar-refractivity contribution in [2.24, 2.45) is 0 Å². The highest BCUT2D eigenvalue weighted by Gasteiger charge is 2.54. The molecule has 2 fully saturated rings. The minimum absolute atomic E-state index is 0.00849. The highest BCUT2D eigenvalue weighted by atomic mass is 35.5. The van der Waals surface area contributed by atoms with Gasteiger partial charge in [-0.3, -0.25) is 0 Å². The minimum Gasteiger partial charge on any atom is -0.206 e. The number of halogens is 1. The van der Waals surface area contributed by atoms with Crippen LogP contribution in [0.25, 0.3) is 0 Å². The summed E-state index contributed by atoms with van der Waals surface area (Å²) in [5.74, 6) is 0. The Morgan fingerprint density at radius 1 is 1.42 bits per heavy atom. The Bertz CT molecular complexity index is 639. The van der Waals surface area contributed by atoms with Gasteiger partial charge in [0.1, 0.15) is 9.75 Å². The zero-order chi connectivity index (χ0) is 13.7. The zero-order valence-electron chi connectivity index (χ0n) is 10.2. The maximum atomic E-state index is 12.8. The summed E-state index contributed by atoms with van der Waals surface area (Å²) in [5.41, 5.74) is -0.823. The molecule has 2 aliphatic carbocycles. The number of hydrogen-bond acceptors (Lipinski definition) is 4. The fourth-order valence-electron chi connectivity index (χ4n) is 2.51. The molecule has 0 N–H and O–H groups in total. The normalized spacial score (nSPS) is 21.9. The van der Waals surface area contributed by atoms with Gasteiger partial charge in [-0.2, -0.15) is 9.57 Å². The van der Waals surface area contributed by atoms with Crippen molar-refractivity contribution in [2.75, 3.05) is 0 Å². The Labute approximate surface area is 121 Å². The van der Waals surface area contributed by atoms with Crippen LogP contribution in [0.3, 0.4) is 0 Å². The second kappa shape index (κ2) is 4.45. The molecular weight excluding hydrogens is 304 g/mol. The van der Waals surface area contributed by atoms with Crippen molar-refractivity contribution in [1.82, 2.24) is 4.31 Å². The van der Waals surface area contributed by atoms with E-state index in [2.05, 4.69) is 6.07 Å². The average molecular weight is 317 g/mol. The molecule has 102 valence electrons. The van der Waals surface area contributed by atoms with Gasteiger partial charge in [0, 0.05) is 6.04 Å². The topological polar surface area (TPSA) is 61.2 Å². The second-order valence-electron chi connectivity index (χ2n) is 5.09. The Kier molecular flexibility index (Phi) is 3.13. The van der Waals surface area contributed by atoms with E-state index >= 15 is 0 Å². The molecule has 7 heteroatoms. The first-order chi connectivity index (χ1) is 8.99.